The molecule has 17 heavy (non-hydrogen) atoms. The number of nitrogens with zero attached hydrogens (tertiary/aromatic N) is 4. The number of rotatable bonds is 4. The molecule has 0 unspecified atom stereocenters. The monoisotopic (exact) mass is 230 g/mol. The van der Waals surface area contributed by atoms with Gasteiger partial charge in [0, 0.05) is 6.07 Å². The lowest BCUT2D eigenvalue weighted by atomic mass is 10.1. The maximum Gasteiger partial charge on any atom is 0.280 e. The van der Waals surface area contributed by atoms with Gasteiger partial charge in [0.05, 0.1) is 17.0 Å². The molecule has 0 saturated heterocycles. The summed E-state index contributed by atoms with van der Waals surface area (Å²) >= 11 is 0. The standard InChI is InChI=1S/C11H10N4O2/c1-2-7-14-11(12-8-13-14)9-5-3-4-6-10(9)15(16)17/h2-6,8H,1,7H2. The van der Waals surface area contributed by atoms with Crippen molar-refractivity contribution in [1.29, 1.82) is 0 Å². The predicted octanol–water partition coefficient (Wildman–Crippen LogP) is 2.04. The van der Waals surface area contributed by atoms with Gasteiger partial charge in [-0.2, -0.15) is 5.10 Å². The third-order valence-corrected chi connectivity index (χ3v) is 2.26. The van der Waals surface area contributed by atoms with Crippen LogP contribution in [0.1, 0.15) is 0 Å². The summed E-state index contributed by atoms with van der Waals surface area (Å²) in [4.78, 5) is 14.5. The van der Waals surface area contributed by atoms with Crippen LogP contribution < -0.4 is 0 Å². The van der Waals surface area contributed by atoms with E-state index in [1.165, 1.54) is 12.4 Å². The Morgan fingerprint density at radius 2 is 2.24 bits per heavy atom. The molecule has 0 atom stereocenters. The lowest BCUT2D eigenvalue weighted by Crippen LogP contribution is -2.02. The van der Waals surface area contributed by atoms with E-state index >= 15 is 0 Å². The van der Waals surface area contributed by atoms with Crippen LogP contribution in [0.4, 0.5) is 5.69 Å². The lowest BCUT2D eigenvalue weighted by Gasteiger charge is -2.03. The highest BCUT2D eigenvalue weighted by atomic mass is 16.6. The number of para-hydroxylation sites is 1. The first-order valence-electron chi connectivity index (χ1n) is 4.96. The minimum atomic E-state index is -0.428. The highest BCUT2D eigenvalue weighted by Crippen LogP contribution is 2.27. The highest BCUT2D eigenvalue weighted by molar-refractivity contribution is 5.67. The number of hydrogen-bond donors (Lipinski definition) is 0. The molecular weight excluding hydrogens is 220 g/mol. The molecule has 0 amide bonds. The maximum absolute atomic E-state index is 10.9. The SMILES string of the molecule is C=CCn1ncnc1-c1ccccc1[N+](=O)[O-]. The zero-order valence-corrected chi connectivity index (χ0v) is 8.98. The van der Waals surface area contributed by atoms with Gasteiger partial charge in [0.1, 0.15) is 6.33 Å². The number of aromatic nitrogens is 3. The first-order chi connectivity index (χ1) is 8.24. The second-order valence-corrected chi connectivity index (χ2v) is 3.33. The fourth-order valence-corrected chi connectivity index (χ4v) is 1.55. The number of benzene rings is 1. The van der Waals surface area contributed by atoms with Crippen LogP contribution in [0.2, 0.25) is 0 Å². The summed E-state index contributed by atoms with van der Waals surface area (Å²) in [5, 5.41) is 14.9. The van der Waals surface area contributed by atoms with E-state index in [0.717, 1.165) is 0 Å². The van der Waals surface area contributed by atoms with E-state index in [0.29, 0.717) is 17.9 Å². The Morgan fingerprint density at radius 1 is 1.47 bits per heavy atom. The van der Waals surface area contributed by atoms with Crippen molar-refractivity contribution in [1.82, 2.24) is 14.8 Å². The Balaban J connectivity index is 2.56. The first-order valence-corrected chi connectivity index (χ1v) is 4.96. The van der Waals surface area contributed by atoms with Gasteiger partial charge in [-0.15, -0.1) is 6.58 Å². The molecule has 0 radical (unpaired) electrons. The van der Waals surface area contributed by atoms with Gasteiger partial charge in [0.15, 0.2) is 5.82 Å². The molecule has 1 heterocycles. The molecule has 0 saturated carbocycles. The summed E-state index contributed by atoms with van der Waals surface area (Å²) in [6.07, 6.45) is 3.03. The zero-order valence-electron chi connectivity index (χ0n) is 8.98. The van der Waals surface area contributed by atoms with E-state index < -0.39 is 4.92 Å². The molecule has 0 bridgehead atoms. The molecular formula is C11H10N4O2. The first kappa shape index (κ1) is 11.0. The molecule has 6 nitrogen and oxygen atoms in total. The minimum absolute atomic E-state index is 0.0193. The highest BCUT2D eigenvalue weighted by Gasteiger charge is 2.18. The van der Waals surface area contributed by atoms with Crippen LogP contribution in [0, 0.1) is 10.1 Å². The zero-order chi connectivity index (χ0) is 12.3. The maximum atomic E-state index is 10.9. The van der Waals surface area contributed by atoms with Crippen molar-refractivity contribution in [2.24, 2.45) is 0 Å². The Morgan fingerprint density at radius 3 is 2.94 bits per heavy atom. The van der Waals surface area contributed by atoms with Crippen LogP contribution in [-0.4, -0.2) is 19.7 Å². The smallest absolute Gasteiger partial charge is 0.258 e. The van der Waals surface area contributed by atoms with Gasteiger partial charge in [-0.1, -0.05) is 18.2 Å². The Kier molecular flexibility index (Phi) is 2.95. The summed E-state index contributed by atoms with van der Waals surface area (Å²) in [6, 6.07) is 6.45. The number of nitro benzene ring substituents is 1. The largest absolute Gasteiger partial charge is 0.280 e. The Bertz CT molecular complexity index is 562. The van der Waals surface area contributed by atoms with Crippen molar-refractivity contribution in [2.45, 2.75) is 6.54 Å². The van der Waals surface area contributed by atoms with Crippen molar-refractivity contribution in [3.05, 3.63) is 53.4 Å². The molecule has 1 aromatic heterocycles. The van der Waals surface area contributed by atoms with E-state index in [1.807, 2.05) is 0 Å². The third kappa shape index (κ3) is 2.05. The van der Waals surface area contributed by atoms with Crippen LogP contribution in [0.15, 0.2) is 43.2 Å². The van der Waals surface area contributed by atoms with Gasteiger partial charge in [0.2, 0.25) is 0 Å². The topological polar surface area (TPSA) is 73.8 Å². The summed E-state index contributed by atoms with van der Waals surface area (Å²) < 4.78 is 1.56. The van der Waals surface area contributed by atoms with Crippen molar-refractivity contribution in [2.75, 3.05) is 0 Å². The summed E-state index contributed by atoms with van der Waals surface area (Å²) in [6.45, 7) is 4.07. The summed E-state index contributed by atoms with van der Waals surface area (Å²) in [7, 11) is 0. The molecule has 0 fully saturated rings. The predicted molar refractivity (Wildman–Crippen MR) is 62.3 cm³/mol. The average molecular weight is 230 g/mol. The van der Waals surface area contributed by atoms with Crippen LogP contribution in [-0.2, 0) is 6.54 Å². The van der Waals surface area contributed by atoms with Crippen LogP contribution in [0.5, 0.6) is 0 Å². The van der Waals surface area contributed by atoms with E-state index in [9.17, 15) is 10.1 Å². The molecule has 0 spiro atoms. The summed E-state index contributed by atoms with van der Waals surface area (Å²) in [5.41, 5.74) is 0.475. The number of hydrogen-bond acceptors (Lipinski definition) is 4. The Hall–Kier alpha value is -2.50. The molecule has 1 aromatic carbocycles. The van der Waals surface area contributed by atoms with Crippen LogP contribution in [0.3, 0.4) is 0 Å². The van der Waals surface area contributed by atoms with Gasteiger partial charge in [-0.25, -0.2) is 9.67 Å². The Labute approximate surface area is 97.4 Å². The quantitative estimate of drug-likeness (QED) is 0.457. The molecule has 0 N–H and O–H groups in total. The average Bonchev–Trinajstić information content (AvgIpc) is 2.77. The van der Waals surface area contributed by atoms with Gasteiger partial charge in [-0.3, -0.25) is 10.1 Å². The van der Waals surface area contributed by atoms with E-state index in [2.05, 4.69) is 16.7 Å². The van der Waals surface area contributed by atoms with Crippen LogP contribution in [0.25, 0.3) is 11.4 Å². The number of allylic oxidation sites excluding steroid dienone is 1. The van der Waals surface area contributed by atoms with E-state index in [1.54, 1.807) is 29.0 Å². The fourth-order valence-electron chi connectivity index (χ4n) is 1.55. The second kappa shape index (κ2) is 4.56. The van der Waals surface area contributed by atoms with Crippen LogP contribution >= 0.6 is 0 Å². The lowest BCUT2D eigenvalue weighted by molar-refractivity contribution is -0.384. The molecule has 0 aliphatic rings. The van der Waals surface area contributed by atoms with Gasteiger partial charge in [0.25, 0.3) is 5.69 Å². The minimum Gasteiger partial charge on any atom is -0.258 e. The molecule has 2 aromatic rings. The van der Waals surface area contributed by atoms with Gasteiger partial charge >= 0.3 is 0 Å². The van der Waals surface area contributed by atoms with Crippen molar-refractivity contribution in [3.63, 3.8) is 0 Å². The molecule has 2 rings (SSSR count). The van der Waals surface area contributed by atoms with E-state index in [4.69, 9.17) is 0 Å². The fraction of sp³-hybridized carbons (Fsp3) is 0.0909. The molecule has 0 aliphatic heterocycles. The van der Waals surface area contributed by atoms with Gasteiger partial charge in [-0.05, 0) is 6.07 Å². The van der Waals surface area contributed by atoms with E-state index in [-0.39, 0.29) is 5.69 Å². The molecule has 0 aliphatic carbocycles. The summed E-state index contributed by atoms with van der Waals surface area (Å²) in [5.74, 6) is 0.470. The molecule has 86 valence electrons. The molecule has 6 heteroatoms. The normalized spacial score (nSPS) is 10.1. The van der Waals surface area contributed by atoms with Crippen molar-refractivity contribution >= 4 is 5.69 Å². The second-order valence-electron chi connectivity index (χ2n) is 3.33. The van der Waals surface area contributed by atoms with Gasteiger partial charge < -0.3 is 0 Å². The van der Waals surface area contributed by atoms with Crippen molar-refractivity contribution in [3.8, 4) is 11.4 Å². The number of nitro groups is 1. The van der Waals surface area contributed by atoms with Crippen molar-refractivity contribution < 1.29 is 4.92 Å². The third-order valence-electron chi connectivity index (χ3n) is 2.26.